The van der Waals surface area contributed by atoms with Crippen molar-refractivity contribution in [3.8, 4) is 0 Å². The molecule has 0 bridgehead atoms. The van der Waals surface area contributed by atoms with Crippen molar-refractivity contribution >= 4 is 40.0 Å². The summed E-state index contributed by atoms with van der Waals surface area (Å²) < 4.78 is 1.69. The monoisotopic (exact) mass is 361 g/mol. The number of hydrogen-bond donors (Lipinski definition) is 1. The summed E-state index contributed by atoms with van der Waals surface area (Å²) in [5.41, 5.74) is 2.21. The van der Waals surface area contributed by atoms with Gasteiger partial charge in [0, 0.05) is 22.2 Å². The molecule has 1 aliphatic carbocycles. The Balaban J connectivity index is 1.85. The SMILES string of the molecule is O=C1CCCc2[nH]c3c(cnn3Cc3ccc(Cl)cc3Cl)c(=O)c21. The van der Waals surface area contributed by atoms with Gasteiger partial charge in [0.15, 0.2) is 5.78 Å². The Morgan fingerprint density at radius 3 is 2.83 bits per heavy atom. The van der Waals surface area contributed by atoms with Gasteiger partial charge in [-0.1, -0.05) is 29.3 Å². The van der Waals surface area contributed by atoms with Crippen LogP contribution in [0, 0.1) is 0 Å². The molecular formula is C17H13Cl2N3O2. The van der Waals surface area contributed by atoms with Gasteiger partial charge in [-0.3, -0.25) is 9.59 Å². The Labute approximate surface area is 147 Å². The fraction of sp³-hybridized carbons (Fsp3) is 0.235. The number of nitrogens with one attached hydrogen (secondary N) is 1. The van der Waals surface area contributed by atoms with E-state index in [1.54, 1.807) is 16.8 Å². The zero-order chi connectivity index (χ0) is 16.8. The normalized spacial score (nSPS) is 14.2. The van der Waals surface area contributed by atoms with Gasteiger partial charge < -0.3 is 4.98 Å². The second-order valence-corrected chi connectivity index (χ2v) is 6.73. The maximum Gasteiger partial charge on any atom is 0.203 e. The highest BCUT2D eigenvalue weighted by atomic mass is 35.5. The first-order valence-electron chi connectivity index (χ1n) is 7.62. The molecule has 1 N–H and O–H groups in total. The second-order valence-electron chi connectivity index (χ2n) is 5.88. The third-order valence-corrected chi connectivity index (χ3v) is 4.91. The van der Waals surface area contributed by atoms with Crippen LogP contribution >= 0.6 is 23.2 Å². The van der Waals surface area contributed by atoms with Crippen LogP contribution in [0.2, 0.25) is 10.0 Å². The molecule has 0 atom stereocenters. The molecule has 0 saturated heterocycles. The zero-order valence-corrected chi connectivity index (χ0v) is 14.1. The molecule has 1 aliphatic rings. The number of benzene rings is 1. The Kier molecular flexibility index (Phi) is 3.70. The van der Waals surface area contributed by atoms with Crippen LogP contribution in [0.1, 0.15) is 34.5 Å². The fourth-order valence-electron chi connectivity index (χ4n) is 3.12. The average Bonchev–Trinajstić information content (AvgIpc) is 2.93. The summed E-state index contributed by atoms with van der Waals surface area (Å²) in [6, 6.07) is 5.27. The number of carbonyl (C=O) groups excluding carboxylic acids is 1. The lowest BCUT2D eigenvalue weighted by Crippen LogP contribution is -2.23. The Bertz CT molecular complexity index is 1040. The highest BCUT2D eigenvalue weighted by molar-refractivity contribution is 6.35. The number of ketones is 1. The van der Waals surface area contributed by atoms with Gasteiger partial charge in [-0.15, -0.1) is 0 Å². The molecule has 2 heterocycles. The Morgan fingerprint density at radius 2 is 2.04 bits per heavy atom. The molecule has 3 aromatic rings. The first kappa shape index (κ1) is 15.4. The van der Waals surface area contributed by atoms with Gasteiger partial charge in [0.05, 0.1) is 23.7 Å². The van der Waals surface area contributed by atoms with E-state index in [1.165, 1.54) is 6.20 Å². The van der Waals surface area contributed by atoms with Crippen LogP contribution in [0.25, 0.3) is 11.0 Å². The molecule has 4 rings (SSSR count). The van der Waals surface area contributed by atoms with Crippen molar-refractivity contribution in [1.29, 1.82) is 0 Å². The van der Waals surface area contributed by atoms with Crippen LogP contribution in [0.4, 0.5) is 0 Å². The van der Waals surface area contributed by atoms with E-state index in [9.17, 15) is 9.59 Å². The molecule has 0 aliphatic heterocycles. The van der Waals surface area contributed by atoms with Crippen molar-refractivity contribution in [2.75, 3.05) is 0 Å². The van der Waals surface area contributed by atoms with Crippen molar-refractivity contribution in [3.05, 3.63) is 61.5 Å². The lowest BCUT2D eigenvalue weighted by molar-refractivity contribution is 0.0970. The van der Waals surface area contributed by atoms with E-state index in [2.05, 4.69) is 10.1 Å². The van der Waals surface area contributed by atoms with Crippen molar-refractivity contribution in [2.24, 2.45) is 0 Å². The number of carbonyl (C=O) groups is 1. The molecule has 0 amide bonds. The summed E-state index contributed by atoms with van der Waals surface area (Å²) in [5, 5.41) is 5.83. The molecule has 0 unspecified atom stereocenters. The highest BCUT2D eigenvalue weighted by Gasteiger charge is 2.24. The summed E-state index contributed by atoms with van der Waals surface area (Å²) in [5.74, 6) is -0.0899. The van der Waals surface area contributed by atoms with Gasteiger partial charge in [-0.05, 0) is 30.5 Å². The van der Waals surface area contributed by atoms with Gasteiger partial charge in [-0.2, -0.15) is 5.10 Å². The van der Waals surface area contributed by atoms with E-state index in [4.69, 9.17) is 23.2 Å². The molecule has 0 spiro atoms. The van der Waals surface area contributed by atoms with Gasteiger partial charge in [0.2, 0.25) is 5.43 Å². The maximum atomic E-state index is 12.6. The molecule has 0 radical (unpaired) electrons. The molecule has 7 heteroatoms. The topological polar surface area (TPSA) is 67.8 Å². The number of H-pyrrole nitrogens is 1. The number of aromatic nitrogens is 3. The van der Waals surface area contributed by atoms with E-state index in [1.807, 2.05) is 6.07 Å². The fourth-order valence-corrected chi connectivity index (χ4v) is 3.59. The molecule has 5 nitrogen and oxygen atoms in total. The third-order valence-electron chi connectivity index (χ3n) is 4.33. The number of nitrogens with zero attached hydrogens (tertiary/aromatic N) is 2. The molecular weight excluding hydrogens is 349 g/mol. The first-order valence-corrected chi connectivity index (χ1v) is 8.38. The number of Topliss-reactive ketones (excluding diaryl/α,β-unsaturated/α-hetero) is 1. The zero-order valence-electron chi connectivity index (χ0n) is 12.6. The number of halogens is 2. The van der Waals surface area contributed by atoms with Crippen LogP contribution in [0.15, 0.2) is 29.2 Å². The standard InChI is InChI=1S/C17H13Cl2N3O2/c18-10-5-4-9(12(19)6-10)8-22-17-11(7-20-22)16(24)15-13(21-17)2-1-3-14(15)23/h4-7H,1-3,8H2,(H,21,24). The number of fused-ring (bicyclic) bond motifs is 2. The number of pyridine rings is 1. The minimum absolute atomic E-state index is 0.0899. The van der Waals surface area contributed by atoms with E-state index in [-0.39, 0.29) is 16.8 Å². The summed E-state index contributed by atoms with van der Waals surface area (Å²) in [7, 11) is 0. The van der Waals surface area contributed by atoms with Crippen molar-refractivity contribution < 1.29 is 4.79 Å². The summed E-state index contributed by atoms with van der Waals surface area (Å²) >= 11 is 12.1. The highest BCUT2D eigenvalue weighted by Crippen LogP contribution is 2.24. The Morgan fingerprint density at radius 1 is 1.21 bits per heavy atom. The van der Waals surface area contributed by atoms with Crippen molar-refractivity contribution in [3.63, 3.8) is 0 Å². The van der Waals surface area contributed by atoms with Crippen LogP contribution in [-0.4, -0.2) is 20.5 Å². The largest absolute Gasteiger partial charge is 0.343 e. The van der Waals surface area contributed by atoms with Crippen LogP contribution in [-0.2, 0) is 13.0 Å². The number of aromatic amines is 1. The van der Waals surface area contributed by atoms with Gasteiger partial charge in [0.1, 0.15) is 5.65 Å². The van der Waals surface area contributed by atoms with Crippen LogP contribution < -0.4 is 5.43 Å². The lowest BCUT2D eigenvalue weighted by atomic mass is 9.94. The van der Waals surface area contributed by atoms with E-state index in [0.717, 1.165) is 12.0 Å². The maximum absolute atomic E-state index is 12.6. The minimum atomic E-state index is -0.239. The molecule has 2 aromatic heterocycles. The predicted octanol–water partition coefficient (Wildman–Crippen LogP) is 3.60. The van der Waals surface area contributed by atoms with Gasteiger partial charge in [0.25, 0.3) is 0 Å². The average molecular weight is 362 g/mol. The van der Waals surface area contributed by atoms with E-state index >= 15 is 0 Å². The molecule has 24 heavy (non-hydrogen) atoms. The smallest absolute Gasteiger partial charge is 0.203 e. The van der Waals surface area contributed by atoms with Crippen LogP contribution in [0.3, 0.4) is 0 Å². The number of hydrogen-bond acceptors (Lipinski definition) is 3. The predicted molar refractivity (Wildman–Crippen MR) is 93.2 cm³/mol. The van der Waals surface area contributed by atoms with Crippen molar-refractivity contribution in [1.82, 2.24) is 14.8 Å². The summed E-state index contributed by atoms with van der Waals surface area (Å²) in [4.78, 5) is 27.9. The van der Waals surface area contributed by atoms with E-state index in [0.29, 0.717) is 46.2 Å². The minimum Gasteiger partial charge on any atom is -0.343 e. The van der Waals surface area contributed by atoms with E-state index < -0.39 is 0 Å². The first-order chi connectivity index (χ1) is 11.5. The molecule has 1 aromatic carbocycles. The van der Waals surface area contributed by atoms with Crippen LogP contribution in [0.5, 0.6) is 0 Å². The molecule has 0 fully saturated rings. The molecule has 0 saturated carbocycles. The second kappa shape index (κ2) is 5.76. The van der Waals surface area contributed by atoms with Gasteiger partial charge in [-0.25, -0.2) is 4.68 Å². The molecule has 122 valence electrons. The number of aryl methyl sites for hydroxylation is 1. The lowest BCUT2D eigenvalue weighted by Gasteiger charge is -2.14. The quantitative estimate of drug-likeness (QED) is 0.758. The number of rotatable bonds is 2. The van der Waals surface area contributed by atoms with Crippen molar-refractivity contribution in [2.45, 2.75) is 25.8 Å². The summed E-state index contributed by atoms with van der Waals surface area (Å²) in [6.45, 7) is 0.405. The summed E-state index contributed by atoms with van der Waals surface area (Å²) in [6.07, 6.45) is 3.37. The third kappa shape index (κ3) is 2.44. The Hall–Kier alpha value is -2.11. The van der Waals surface area contributed by atoms with Gasteiger partial charge >= 0.3 is 0 Å².